The summed E-state index contributed by atoms with van der Waals surface area (Å²) in [4.78, 5) is 196. The number of phenolic OH excluding ortho intramolecular Hbond substituents is 1. The molecular formula is C81H138N12O18S2. The summed E-state index contributed by atoms with van der Waals surface area (Å²) in [5, 5.41) is 56.3. The van der Waals surface area contributed by atoms with Crippen LogP contribution in [0.15, 0.2) is 29.3 Å². The summed E-state index contributed by atoms with van der Waals surface area (Å²) >= 11 is 2.85. The number of aliphatic carboxylic acids is 1. The summed E-state index contributed by atoms with van der Waals surface area (Å²) in [7, 11) is 0. The van der Waals surface area contributed by atoms with Gasteiger partial charge >= 0.3 is 5.97 Å². The van der Waals surface area contributed by atoms with E-state index in [0.717, 1.165) is 25.7 Å². The van der Waals surface area contributed by atoms with Crippen molar-refractivity contribution in [2.75, 3.05) is 56.8 Å². The lowest BCUT2D eigenvalue weighted by Crippen LogP contribution is -2.51. The zero-order chi connectivity index (χ0) is 84.8. The third-order valence-electron chi connectivity index (χ3n) is 20.1. The highest BCUT2D eigenvalue weighted by Gasteiger charge is 2.38. The number of rotatable bonds is 70. The maximum atomic E-state index is 14.8. The van der Waals surface area contributed by atoms with Gasteiger partial charge in [0.1, 0.15) is 17.6 Å². The first kappa shape index (κ1) is 104. The van der Waals surface area contributed by atoms with Crippen molar-refractivity contribution in [3.63, 3.8) is 0 Å². The second kappa shape index (κ2) is 61.1. The topological polar surface area (TPSA) is 535 Å². The molecule has 0 aliphatic heterocycles. The number of ketones is 6. The van der Waals surface area contributed by atoms with Gasteiger partial charge in [-0.15, -0.1) is 0 Å². The first-order valence-corrected chi connectivity index (χ1v) is 43.5. The molecule has 642 valence electrons. The molecular weight excluding hydrogens is 1490 g/mol. The van der Waals surface area contributed by atoms with Crippen LogP contribution in [0.2, 0.25) is 0 Å². The predicted octanol–water partition coefficient (Wildman–Crippen LogP) is 5.63. The van der Waals surface area contributed by atoms with Gasteiger partial charge < -0.3 is 81.0 Å². The van der Waals surface area contributed by atoms with E-state index in [1.807, 2.05) is 20.1 Å². The maximum Gasteiger partial charge on any atom is 0.305 e. The zero-order valence-electron chi connectivity index (χ0n) is 68.3. The number of phenols is 1. The van der Waals surface area contributed by atoms with Crippen LogP contribution in [-0.2, 0) is 73.5 Å². The van der Waals surface area contributed by atoms with Gasteiger partial charge in [-0.2, -0.15) is 23.5 Å². The van der Waals surface area contributed by atoms with Crippen LogP contribution >= 0.6 is 23.5 Å². The van der Waals surface area contributed by atoms with Gasteiger partial charge in [-0.1, -0.05) is 116 Å². The predicted molar refractivity (Wildman–Crippen MR) is 441 cm³/mol. The summed E-state index contributed by atoms with van der Waals surface area (Å²) < 4.78 is 0. The van der Waals surface area contributed by atoms with Gasteiger partial charge in [-0.05, 0) is 152 Å². The Bertz CT molecular complexity index is 3100. The number of nitrogens with one attached hydrogen (secondary N) is 6. The van der Waals surface area contributed by atoms with Gasteiger partial charge in [0.25, 0.3) is 0 Å². The molecule has 0 heterocycles. The number of aliphatic hydroxyl groups is 2. The van der Waals surface area contributed by atoms with Crippen LogP contribution in [0.3, 0.4) is 0 Å². The fraction of sp³-hybridized carbons (Fsp3) is 0.741. The third-order valence-corrected chi connectivity index (χ3v) is 21.4. The van der Waals surface area contributed by atoms with Gasteiger partial charge in [-0.3, -0.25) is 72.1 Å². The van der Waals surface area contributed by atoms with Gasteiger partial charge in [0.05, 0.1) is 61.7 Å². The number of benzene rings is 1. The molecule has 113 heavy (non-hydrogen) atoms. The zero-order valence-corrected chi connectivity index (χ0v) is 69.9. The highest BCUT2D eigenvalue weighted by molar-refractivity contribution is 7.98. The number of carboxylic acids is 1. The first-order chi connectivity index (χ1) is 53.7. The van der Waals surface area contributed by atoms with Crippen molar-refractivity contribution in [2.24, 2.45) is 75.1 Å². The molecule has 1 rings (SSSR count). The number of carbonyl (C=O) groups is 14. The van der Waals surface area contributed by atoms with Gasteiger partial charge in [0.15, 0.2) is 34.9 Å². The Morgan fingerprint density at radius 3 is 1.44 bits per heavy atom. The number of guanidine groups is 1. The molecule has 7 amide bonds. The molecule has 0 saturated carbocycles. The molecule has 0 aromatic heterocycles. The fourth-order valence-electron chi connectivity index (χ4n) is 13.3. The number of carboxylic acid groups (broad SMARTS) is 1. The van der Waals surface area contributed by atoms with E-state index in [-0.39, 0.29) is 107 Å². The van der Waals surface area contributed by atoms with Crippen LogP contribution in [0.25, 0.3) is 0 Å². The lowest BCUT2D eigenvalue weighted by Gasteiger charge is -2.27. The number of aliphatic hydroxyl groups excluding tert-OH is 2. The minimum absolute atomic E-state index is 0.00307. The van der Waals surface area contributed by atoms with Gasteiger partial charge in [-0.25, -0.2) is 0 Å². The molecule has 0 aliphatic rings. The van der Waals surface area contributed by atoms with E-state index in [2.05, 4.69) is 43.8 Å². The van der Waals surface area contributed by atoms with E-state index >= 15 is 0 Å². The van der Waals surface area contributed by atoms with E-state index < -0.39 is 193 Å². The second-order valence-electron chi connectivity index (χ2n) is 30.4. The number of primary amides is 1. The molecule has 1 aromatic carbocycles. The summed E-state index contributed by atoms with van der Waals surface area (Å²) in [5.74, 6) is -16.8. The Morgan fingerprint density at radius 1 is 0.469 bits per heavy atom. The molecule has 0 saturated heterocycles. The van der Waals surface area contributed by atoms with Crippen molar-refractivity contribution in [3.05, 3.63) is 29.8 Å². The molecule has 12 atom stereocenters. The number of nitrogens with two attached hydrogens (primary N) is 5. The number of aromatic hydroxyl groups is 1. The van der Waals surface area contributed by atoms with Crippen molar-refractivity contribution in [2.45, 2.75) is 283 Å². The summed E-state index contributed by atoms with van der Waals surface area (Å²) in [6.07, 6.45) is 16.8. The molecule has 20 N–H and O–H groups in total. The number of nitrogens with zero attached hydrogens (tertiary/aromatic N) is 1. The van der Waals surface area contributed by atoms with Crippen LogP contribution in [0.5, 0.6) is 5.75 Å². The van der Waals surface area contributed by atoms with E-state index in [9.17, 15) is 87.5 Å². The lowest BCUT2D eigenvalue weighted by molar-refractivity contribution is -0.141. The Balaban J connectivity index is 3.45. The van der Waals surface area contributed by atoms with Crippen molar-refractivity contribution in [1.82, 2.24) is 31.9 Å². The highest BCUT2D eigenvalue weighted by atomic mass is 32.2. The van der Waals surface area contributed by atoms with Crippen LogP contribution in [0.1, 0.15) is 246 Å². The maximum absolute atomic E-state index is 14.8. The molecule has 0 unspecified atom stereocenters. The largest absolute Gasteiger partial charge is 0.508 e. The Morgan fingerprint density at radius 2 is 0.929 bits per heavy atom. The van der Waals surface area contributed by atoms with Crippen molar-refractivity contribution < 1.29 is 87.5 Å². The average molecular weight is 1630 g/mol. The standard InChI is InChI=1S/C81H138N12O18S2/c1-8-9-10-11-12-13-14-15-16-17-18-19-20-27-62(97)43-57(34-39-112-6)75(106)88-50-63(98)44-59(42-55-30-32-61(96)33-31-55)77(108)89-53(4)69(99)45-56(26-21-23-36-82)76(107)90-65(28-22-24-37-83)70(100)46-58(41-52(2)3)78(109)91-66(29-25-38-87-81(85)86)71(101)47-60(51-94)79(110)92-67(35-40-113-7)72(102)48-64(54(5)95)80(111)93-68(74(84)105)49-73(103)104/h30-33,52-54,56-60,64-68,94-96H,8-29,34-51,82-83H2,1-7H3,(H2,84,105)(H,88,106)(H,89,108)(H,90,107)(H,91,109)(H,92,110)(H,93,111)(H,103,104)(H4,85,86,87)/t53-,54+,56+,57+,58+,59+,60-,64-,65-,66-,67-,68-/m0/s1. The van der Waals surface area contributed by atoms with Crippen molar-refractivity contribution >= 4 is 112 Å². The molecule has 0 spiro atoms. The minimum Gasteiger partial charge on any atom is -0.508 e. The number of aliphatic imine (C=N–C) groups is 1. The SMILES string of the molecule is CCCCCCCCCCCCCCCC(=O)C[C@@H](CCSC)C(=O)NCC(=O)C[C@@H](Cc1ccc(O)cc1)C(=O)N[C@@H](C)C(=O)C[C@@H](CCCCN)C(=O)N[C@@H](CCCCN)C(=O)C[C@@H](CC(C)C)C(=O)N[C@@H](CCCN=C(N)N)C(=O)C[C@@H](CO)C(=O)N[C@@H](CCSC)C(=O)C[C@H](C(=O)N[C@@H](CC(=O)O)C(N)=O)[C@@H](C)O. The Hall–Kier alpha value is -7.39. The Labute approximate surface area is 677 Å². The number of thioether (sulfide) groups is 2. The summed E-state index contributed by atoms with van der Waals surface area (Å²) in [5.41, 5.74) is 28.8. The van der Waals surface area contributed by atoms with Gasteiger partial charge in [0.2, 0.25) is 41.4 Å². The quantitative estimate of drug-likeness (QED) is 0.0213. The summed E-state index contributed by atoms with van der Waals surface area (Å²) in [6.45, 7) is 7.66. The van der Waals surface area contributed by atoms with E-state index in [0.29, 0.717) is 49.8 Å². The Kier molecular flexibility index (Phi) is 56.0. The molecule has 0 bridgehead atoms. The van der Waals surface area contributed by atoms with Crippen LogP contribution < -0.4 is 60.6 Å². The van der Waals surface area contributed by atoms with Crippen LogP contribution in [0, 0.1) is 41.4 Å². The lowest BCUT2D eigenvalue weighted by atomic mass is 9.87. The smallest absolute Gasteiger partial charge is 0.305 e. The molecule has 30 nitrogen and oxygen atoms in total. The normalized spacial score (nSPS) is 14.5. The third kappa shape index (κ3) is 46.7. The molecule has 0 aliphatic carbocycles. The fourth-order valence-corrected chi connectivity index (χ4v) is 14.3. The molecule has 0 radical (unpaired) electrons. The molecule has 32 heteroatoms. The number of hydrogen-bond donors (Lipinski definition) is 15. The van der Waals surface area contributed by atoms with E-state index in [1.165, 1.54) is 95.5 Å². The summed E-state index contributed by atoms with van der Waals surface area (Å²) in [6, 6.07) is -0.732. The molecule has 0 fully saturated rings. The number of carbonyl (C=O) groups excluding carboxylic acids is 13. The molecule has 1 aromatic rings. The number of hydrogen-bond acceptors (Lipinski definition) is 22. The number of unbranched alkanes of at least 4 members (excludes halogenated alkanes) is 14. The average Bonchev–Trinajstić information content (AvgIpc) is 0.858. The van der Waals surface area contributed by atoms with Crippen LogP contribution in [-0.4, -0.2) is 202 Å². The highest BCUT2D eigenvalue weighted by Crippen LogP contribution is 2.25. The monoisotopic (exact) mass is 1630 g/mol. The van der Waals surface area contributed by atoms with E-state index in [1.54, 1.807) is 30.2 Å². The van der Waals surface area contributed by atoms with Crippen LogP contribution in [0.4, 0.5) is 0 Å². The van der Waals surface area contributed by atoms with Crippen molar-refractivity contribution in [1.29, 1.82) is 0 Å². The van der Waals surface area contributed by atoms with Gasteiger partial charge in [0, 0.05) is 75.2 Å². The minimum atomic E-state index is -1.68. The van der Waals surface area contributed by atoms with Crippen molar-refractivity contribution in [3.8, 4) is 5.75 Å². The number of Topliss-reactive ketones (excluding diaryl/α,β-unsaturated/α-hetero) is 6. The number of amides is 7. The first-order valence-electron chi connectivity index (χ1n) is 40.7. The second-order valence-corrected chi connectivity index (χ2v) is 32.4. The van der Waals surface area contributed by atoms with E-state index in [4.69, 9.17) is 28.7 Å².